The van der Waals surface area contributed by atoms with Crippen molar-refractivity contribution in [1.82, 2.24) is 5.32 Å². The standard InChI is InChI=1S/C15H25NO/c1-11-6-5-7-15(9-11)14(4)16-10-12(2)8-13(3)17/h5-7,9,12-14,16-17H,8,10H2,1-4H3. The van der Waals surface area contributed by atoms with Crippen molar-refractivity contribution in [1.29, 1.82) is 0 Å². The summed E-state index contributed by atoms with van der Waals surface area (Å²) in [5.74, 6) is 0.502. The molecular weight excluding hydrogens is 210 g/mol. The molecule has 0 amide bonds. The van der Waals surface area contributed by atoms with Gasteiger partial charge >= 0.3 is 0 Å². The summed E-state index contributed by atoms with van der Waals surface area (Å²) in [4.78, 5) is 0. The van der Waals surface area contributed by atoms with Crippen molar-refractivity contribution in [3.8, 4) is 0 Å². The molecule has 2 nitrogen and oxygen atoms in total. The number of nitrogens with one attached hydrogen (secondary N) is 1. The Balaban J connectivity index is 2.42. The Bertz CT molecular complexity index is 335. The molecule has 0 heterocycles. The molecule has 0 aliphatic heterocycles. The van der Waals surface area contributed by atoms with E-state index >= 15 is 0 Å². The van der Waals surface area contributed by atoms with Crippen LogP contribution in [0, 0.1) is 12.8 Å². The lowest BCUT2D eigenvalue weighted by atomic mass is 10.0. The number of aliphatic hydroxyl groups excluding tert-OH is 1. The summed E-state index contributed by atoms with van der Waals surface area (Å²) < 4.78 is 0. The average Bonchev–Trinajstić information content (AvgIpc) is 2.25. The first-order chi connectivity index (χ1) is 7.99. The lowest BCUT2D eigenvalue weighted by molar-refractivity contribution is 0.162. The van der Waals surface area contributed by atoms with Crippen LogP contribution in [0.1, 0.15) is 44.4 Å². The van der Waals surface area contributed by atoms with Gasteiger partial charge in [-0.2, -0.15) is 0 Å². The average molecular weight is 235 g/mol. The zero-order valence-electron chi connectivity index (χ0n) is 11.4. The molecule has 0 spiro atoms. The fourth-order valence-electron chi connectivity index (χ4n) is 2.10. The lowest BCUT2D eigenvalue weighted by Crippen LogP contribution is -2.26. The van der Waals surface area contributed by atoms with Gasteiger partial charge < -0.3 is 10.4 Å². The Morgan fingerprint density at radius 1 is 1.24 bits per heavy atom. The van der Waals surface area contributed by atoms with E-state index in [1.807, 2.05) is 6.92 Å². The minimum absolute atomic E-state index is 0.207. The summed E-state index contributed by atoms with van der Waals surface area (Å²) >= 11 is 0. The molecule has 0 aromatic heterocycles. The van der Waals surface area contributed by atoms with E-state index in [2.05, 4.69) is 50.4 Å². The number of aliphatic hydroxyl groups is 1. The molecule has 0 radical (unpaired) electrons. The van der Waals surface area contributed by atoms with E-state index in [9.17, 15) is 5.11 Å². The summed E-state index contributed by atoms with van der Waals surface area (Å²) in [6, 6.07) is 8.96. The maximum absolute atomic E-state index is 9.31. The van der Waals surface area contributed by atoms with Crippen LogP contribution in [0.3, 0.4) is 0 Å². The van der Waals surface area contributed by atoms with Crippen molar-refractivity contribution in [3.05, 3.63) is 35.4 Å². The topological polar surface area (TPSA) is 32.3 Å². The van der Waals surface area contributed by atoms with Crippen molar-refractivity contribution in [2.45, 2.75) is 46.3 Å². The SMILES string of the molecule is Cc1cccc(C(C)NCC(C)CC(C)O)c1. The van der Waals surface area contributed by atoms with E-state index in [4.69, 9.17) is 0 Å². The first-order valence-corrected chi connectivity index (χ1v) is 6.47. The highest BCUT2D eigenvalue weighted by molar-refractivity contribution is 5.24. The Labute approximate surface area is 105 Å². The molecule has 17 heavy (non-hydrogen) atoms. The van der Waals surface area contributed by atoms with Crippen LogP contribution in [0.2, 0.25) is 0 Å². The maximum atomic E-state index is 9.31. The smallest absolute Gasteiger partial charge is 0.0515 e. The van der Waals surface area contributed by atoms with Crippen LogP contribution in [0.4, 0.5) is 0 Å². The van der Waals surface area contributed by atoms with Crippen LogP contribution in [0.5, 0.6) is 0 Å². The molecule has 0 fully saturated rings. The molecule has 3 atom stereocenters. The fraction of sp³-hybridized carbons (Fsp3) is 0.600. The van der Waals surface area contributed by atoms with Gasteiger partial charge in [0.1, 0.15) is 0 Å². The Morgan fingerprint density at radius 2 is 1.94 bits per heavy atom. The molecule has 2 N–H and O–H groups in total. The predicted octanol–water partition coefficient (Wildman–Crippen LogP) is 3.05. The van der Waals surface area contributed by atoms with Gasteiger partial charge in [-0.25, -0.2) is 0 Å². The predicted molar refractivity (Wildman–Crippen MR) is 73.1 cm³/mol. The van der Waals surface area contributed by atoms with Crippen LogP contribution in [0.25, 0.3) is 0 Å². The molecule has 0 saturated carbocycles. The van der Waals surface area contributed by atoms with Crippen molar-refractivity contribution in [2.24, 2.45) is 5.92 Å². The number of rotatable bonds is 6. The van der Waals surface area contributed by atoms with Crippen molar-refractivity contribution >= 4 is 0 Å². The second-order valence-electron chi connectivity index (χ2n) is 5.23. The quantitative estimate of drug-likeness (QED) is 0.794. The molecule has 1 aromatic carbocycles. The largest absolute Gasteiger partial charge is 0.393 e. The summed E-state index contributed by atoms with van der Waals surface area (Å²) in [6.45, 7) is 9.26. The zero-order chi connectivity index (χ0) is 12.8. The van der Waals surface area contributed by atoms with Gasteiger partial charge in [0.25, 0.3) is 0 Å². The van der Waals surface area contributed by atoms with Gasteiger partial charge in [-0.3, -0.25) is 0 Å². The fourth-order valence-corrected chi connectivity index (χ4v) is 2.10. The number of benzene rings is 1. The minimum atomic E-state index is -0.207. The molecular formula is C15H25NO. The normalized spacial score (nSPS) is 16.5. The third-order valence-corrected chi connectivity index (χ3v) is 3.06. The minimum Gasteiger partial charge on any atom is -0.393 e. The molecule has 3 unspecified atom stereocenters. The van der Waals surface area contributed by atoms with Gasteiger partial charge in [0.2, 0.25) is 0 Å². The molecule has 0 bridgehead atoms. The molecule has 1 rings (SSSR count). The van der Waals surface area contributed by atoms with Crippen LogP contribution in [-0.4, -0.2) is 17.8 Å². The van der Waals surface area contributed by atoms with Gasteiger partial charge in [0.05, 0.1) is 6.10 Å². The van der Waals surface area contributed by atoms with Crippen molar-refractivity contribution < 1.29 is 5.11 Å². The van der Waals surface area contributed by atoms with Crippen molar-refractivity contribution in [3.63, 3.8) is 0 Å². The molecule has 0 aliphatic rings. The Kier molecular flexibility index (Phi) is 5.66. The number of hydrogen-bond acceptors (Lipinski definition) is 2. The zero-order valence-corrected chi connectivity index (χ0v) is 11.4. The molecule has 1 aromatic rings. The van der Waals surface area contributed by atoms with E-state index in [1.165, 1.54) is 11.1 Å². The molecule has 2 heteroatoms. The second-order valence-corrected chi connectivity index (χ2v) is 5.23. The van der Waals surface area contributed by atoms with Crippen LogP contribution in [-0.2, 0) is 0 Å². The van der Waals surface area contributed by atoms with Gasteiger partial charge in [-0.1, -0.05) is 36.8 Å². The maximum Gasteiger partial charge on any atom is 0.0515 e. The van der Waals surface area contributed by atoms with Gasteiger partial charge in [0, 0.05) is 6.04 Å². The summed E-state index contributed by atoms with van der Waals surface area (Å²) in [5.41, 5.74) is 2.63. The van der Waals surface area contributed by atoms with Crippen molar-refractivity contribution in [2.75, 3.05) is 6.54 Å². The Morgan fingerprint density at radius 3 is 2.53 bits per heavy atom. The first kappa shape index (κ1) is 14.2. The highest BCUT2D eigenvalue weighted by atomic mass is 16.3. The molecule has 0 saturated heterocycles. The monoisotopic (exact) mass is 235 g/mol. The molecule has 96 valence electrons. The van der Waals surface area contributed by atoms with Gasteiger partial charge in [-0.15, -0.1) is 0 Å². The van der Waals surface area contributed by atoms with Gasteiger partial charge in [0.15, 0.2) is 0 Å². The van der Waals surface area contributed by atoms with E-state index in [-0.39, 0.29) is 6.10 Å². The van der Waals surface area contributed by atoms with E-state index in [0.717, 1.165) is 13.0 Å². The van der Waals surface area contributed by atoms with Gasteiger partial charge in [-0.05, 0) is 45.2 Å². The molecule has 0 aliphatic carbocycles. The lowest BCUT2D eigenvalue weighted by Gasteiger charge is -2.19. The third kappa shape index (κ3) is 5.33. The first-order valence-electron chi connectivity index (χ1n) is 6.47. The third-order valence-electron chi connectivity index (χ3n) is 3.06. The summed E-state index contributed by atoms with van der Waals surface area (Å²) in [7, 11) is 0. The van der Waals surface area contributed by atoms with Crippen LogP contribution in [0.15, 0.2) is 24.3 Å². The summed E-state index contributed by atoms with van der Waals surface area (Å²) in [5, 5.41) is 12.8. The van der Waals surface area contributed by atoms with Crippen LogP contribution >= 0.6 is 0 Å². The second kappa shape index (κ2) is 6.77. The Hall–Kier alpha value is -0.860. The summed E-state index contributed by atoms with van der Waals surface area (Å²) in [6.07, 6.45) is 0.647. The highest BCUT2D eigenvalue weighted by Crippen LogP contribution is 2.14. The highest BCUT2D eigenvalue weighted by Gasteiger charge is 2.09. The van der Waals surface area contributed by atoms with E-state index in [0.29, 0.717) is 12.0 Å². The number of aryl methyl sites for hydroxylation is 1. The van der Waals surface area contributed by atoms with E-state index < -0.39 is 0 Å². The van der Waals surface area contributed by atoms with E-state index in [1.54, 1.807) is 0 Å². The number of hydrogen-bond donors (Lipinski definition) is 2. The van der Waals surface area contributed by atoms with Crippen LogP contribution < -0.4 is 5.32 Å².